The van der Waals surface area contributed by atoms with Gasteiger partial charge in [0.2, 0.25) is 5.91 Å². The predicted octanol–water partition coefficient (Wildman–Crippen LogP) is 1.37. The number of hydrogen-bond acceptors (Lipinski definition) is 4. The van der Waals surface area contributed by atoms with Crippen LogP contribution in [0.5, 0.6) is 0 Å². The number of para-hydroxylation sites is 1. The number of carbonyl (C=O) groups is 2. The summed E-state index contributed by atoms with van der Waals surface area (Å²) in [6.45, 7) is 3.50. The molecule has 3 heterocycles. The fourth-order valence-corrected chi connectivity index (χ4v) is 4.04. The number of benzene rings is 1. The van der Waals surface area contributed by atoms with Crippen LogP contribution in [0.1, 0.15) is 23.3 Å². The topological polar surface area (TPSA) is 61.7 Å². The van der Waals surface area contributed by atoms with Gasteiger partial charge in [-0.05, 0) is 31.0 Å². The molecular weight excluding hydrogens is 342 g/mol. The Morgan fingerprint density at radius 1 is 1.04 bits per heavy atom. The van der Waals surface area contributed by atoms with Crippen molar-refractivity contribution in [1.82, 2.24) is 19.6 Å². The Balaban J connectivity index is 1.40. The minimum Gasteiger partial charge on any atom is -0.335 e. The lowest BCUT2D eigenvalue weighted by Crippen LogP contribution is -2.58. The molecule has 27 heavy (non-hydrogen) atoms. The highest BCUT2D eigenvalue weighted by Crippen LogP contribution is 2.24. The summed E-state index contributed by atoms with van der Waals surface area (Å²) in [7, 11) is 1.78. The van der Waals surface area contributed by atoms with Crippen LogP contribution in [-0.2, 0) is 11.8 Å². The van der Waals surface area contributed by atoms with Crippen LogP contribution in [0.25, 0.3) is 0 Å². The van der Waals surface area contributed by atoms with E-state index < -0.39 is 0 Å². The zero-order valence-corrected chi connectivity index (χ0v) is 15.6. The maximum atomic E-state index is 13.1. The molecule has 1 aromatic carbocycles. The van der Waals surface area contributed by atoms with Crippen molar-refractivity contribution >= 4 is 17.5 Å². The molecule has 0 spiro atoms. The second kappa shape index (κ2) is 7.52. The zero-order valence-electron chi connectivity index (χ0n) is 15.6. The van der Waals surface area contributed by atoms with E-state index in [1.807, 2.05) is 40.1 Å². The van der Waals surface area contributed by atoms with Gasteiger partial charge in [0.05, 0.1) is 6.04 Å². The van der Waals surface area contributed by atoms with E-state index in [2.05, 4.69) is 10.00 Å². The van der Waals surface area contributed by atoms with E-state index in [0.29, 0.717) is 18.8 Å². The van der Waals surface area contributed by atoms with Crippen LogP contribution >= 0.6 is 0 Å². The first-order valence-electron chi connectivity index (χ1n) is 9.53. The summed E-state index contributed by atoms with van der Waals surface area (Å²) in [6, 6.07) is 11.5. The molecule has 1 atom stereocenters. The Morgan fingerprint density at radius 3 is 2.44 bits per heavy atom. The fourth-order valence-electron chi connectivity index (χ4n) is 4.04. The number of amides is 2. The van der Waals surface area contributed by atoms with E-state index in [0.717, 1.165) is 38.2 Å². The first kappa shape index (κ1) is 17.7. The first-order valence-corrected chi connectivity index (χ1v) is 9.53. The summed E-state index contributed by atoms with van der Waals surface area (Å²) in [5.41, 5.74) is 1.57. The predicted molar refractivity (Wildman–Crippen MR) is 103 cm³/mol. The third-order valence-electron chi connectivity index (χ3n) is 5.56. The summed E-state index contributed by atoms with van der Waals surface area (Å²) in [6.07, 6.45) is 3.53. The molecule has 0 aliphatic carbocycles. The smallest absolute Gasteiger partial charge is 0.272 e. The number of piperidine rings is 1. The Hall–Kier alpha value is -2.67. The minimum atomic E-state index is -0.0899. The molecule has 1 aromatic heterocycles. The van der Waals surface area contributed by atoms with Crippen molar-refractivity contribution < 1.29 is 9.59 Å². The highest BCUT2D eigenvalue weighted by Gasteiger charge is 2.36. The van der Waals surface area contributed by atoms with Gasteiger partial charge in [0.15, 0.2) is 0 Å². The summed E-state index contributed by atoms with van der Waals surface area (Å²) in [4.78, 5) is 31.7. The molecule has 2 aromatic rings. The highest BCUT2D eigenvalue weighted by molar-refractivity contribution is 5.98. The zero-order chi connectivity index (χ0) is 18.8. The molecule has 4 rings (SSSR count). The molecule has 0 N–H and O–H groups in total. The maximum absolute atomic E-state index is 13.1. The lowest BCUT2D eigenvalue weighted by Gasteiger charge is -2.42. The summed E-state index contributed by atoms with van der Waals surface area (Å²) < 4.78 is 1.61. The highest BCUT2D eigenvalue weighted by atomic mass is 16.2. The van der Waals surface area contributed by atoms with E-state index in [-0.39, 0.29) is 17.9 Å². The van der Waals surface area contributed by atoms with E-state index in [4.69, 9.17) is 0 Å². The van der Waals surface area contributed by atoms with E-state index in [9.17, 15) is 9.59 Å². The van der Waals surface area contributed by atoms with Gasteiger partial charge in [-0.1, -0.05) is 18.2 Å². The van der Waals surface area contributed by atoms with Crippen LogP contribution in [0.4, 0.5) is 5.69 Å². The van der Waals surface area contributed by atoms with Crippen molar-refractivity contribution in [2.75, 3.05) is 37.6 Å². The van der Waals surface area contributed by atoms with Gasteiger partial charge in [-0.15, -0.1) is 0 Å². The fraction of sp³-hybridized carbons (Fsp3) is 0.450. The van der Waals surface area contributed by atoms with Gasteiger partial charge in [0.1, 0.15) is 5.69 Å². The lowest BCUT2D eigenvalue weighted by molar-refractivity contribution is -0.126. The largest absolute Gasteiger partial charge is 0.335 e. The number of carbonyl (C=O) groups excluding carboxylic acids is 2. The molecule has 7 heteroatoms. The van der Waals surface area contributed by atoms with Crippen molar-refractivity contribution in [3.8, 4) is 0 Å². The van der Waals surface area contributed by atoms with Crippen LogP contribution in [-0.4, -0.2) is 70.2 Å². The van der Waals surface area contributed by atoms with Crippen LogP contribution in [0, 0.1) is 0 Å². The lowest BCUT2D eigenvalue weighted by atomic mass is 10.0. The summed E-state index contributed by atoms with van der Waals surface area (Å²) in [5.74, 6) is 0.189. The van der Waals surface area contributed by atoms with Gasteiger partial charge in [0.25, 0.3) is 5.91 Å². The molecule has 2 amide bonds. The van der Waals surface area contributed by atoms with Gasteiger partial charge in [-0.2, -0.15) is 5.10 Å². The molecule has 0 saturated carbocycles. The molecule has 2 aliphatic heterocycles. The number of rotatable bonds is 3. The van der Waals surface area contributed by atoms with Crippen molar-refractivity contribution in [2.24, 2.45) is 7.05 Å². The SMILES string of the molecule is Cn1nccc1C(=O)N1CCN([C@H]2CCCN(c3ccccc3)C2=O)CC1. The normalized spacial score (nSPS) is 21.5. The Morgan fingerprint density at radius 2 is 1.78 bits per heavy atom. The molecule has 2 fully saturated rings. The molecule has 2 saturated heterocycles. The monoisotopic (exact) mass is 367 g/mol. The van der Waals surface area contributed by atoms with E-state index >= 15 is 0 Å². The van der Waals surface area contributed by atoms with Gasteiger partial charge in [-0.25, -0.2) is 0 Å². The van der Waals surface area contributed by atoms with Gasteiger partial charge < -0.3 is 9.80 Å². The quantitative estimate of drug-likeness (QED) is 0.822. The van der Waals surface area contributed by atoms with Crippen molar-refractivity contribution in [1.29, 1.82) is 0 Å². The average molecular weight is 367 g/mol. The summed E-state index contributed by atoms with van der Waals surface area (Å²) >= 11 is 0. The number of hydrogen-bond donors (Lipinski definition) is 0. The molecule has 142 valence electrons. The molecule has 0 radical (unpaired) electrons. The molecule has 0 unspecified atom stereocenters. The maximum Gasteiger partial charge on any atom is 0.272 e. The van der Waals surface area contributed by atoms with Crippen molar-refractivity contribution in [3.63, 3.8) is 0 Å². The average Bonchev–Trinajstić information content (AvgIpc) is 3.14. The third-order valence-corrected chi connectivity index (χ3v) is 5.56. The van der Waals surface area contributed by atoms with Crippen molar-refractivity contribution in [2.45, 2.75) is 18.9 Å². The third kappa shape index (κ3) is 3.47. The van der Waals surface area contributed by atoms with Crippen LogP contribution in [0.15, 0.2) is 42.6 Å². The van der Waals surface area contributed by atoms with Gasteiger partial charge in [0, 0.05) is 51.7 Å². The van der Waals surface area contributed by atoms with Crippen molar-refractivity contribution in [3.05, 3.63) is 48.3 Å². The van der Waals surface area contributed by atoms with E-state index in [1.54, 1.807) is 24.0 Å². The number of aromatic nitrogens is 2. The van der Waals surface area contributed by atoms with Crippen LogP contribution in [0.3, 0.4) is 0 Å². The Kier molecular flexibility index (Phi) is 4.94. The second-order valence-corrected chi connectivity index (χ2v) is 7.15. The number of aryl methyl sites for hydroxylation is 1. The van der Waals surface area contributed by atoms with E-state index in [1.165, 1.54) is 0 Å². The van der Waals surface area contributed by atoms with Gasteiger partial charge >= 0.3 is 0 Å². The Labute approximate surface area is 159 Å². The standard InChI is InChI=1S/C20H25N5O2/c1-22-17(9-10-21-22)19(26)24-14-12-23(13-15-24)18-8-5-11-25(20(18)27)16-6-3-2-4-7-16/h2-4,6-7,9-10,18H,5,8,11-15H2,1H3/t18-/m0/s1. The number of anilines is 1. The molecule has 2 aliphatic rings. The molecule has 0 bridgehead atoms. The van der Waals surface area contributed by atoms with Crippen LogP contribution < -0.4 is 4.90 Å². The first-order chi connectivity index (χ1) is 13.1. The van der Waals surface area contributed by atoms with Crippen LogP contribution in [0.2, 0.25) is 0 Å². The summed E-state index contributed by atoms with van der Waals surface area (Å²) in [5, 5.41) is 4.08. The molecular formula is C20H25N5O2. The van der Waals surface area contributed by atoms with Gasteiger partial charge in [-0.3, -0.25) is 19.2 Å². The second-order valence-electron chi connectivity index (χ2n) is 7.15. The molecule has 7 nitrogen and oxygen atoms in total. The number of nitrogens with zero attached hydrogens (tertiary/aromatic N) is 5. The Bertz CT molecular complexity index is 811. The minimum absolute atomic E-state index is 0.00975. The number of piperazine rings is 1.